The number of methoxy groups -OCH3 is 1. The number of fused-ring (bicyclic) bond motifs is 1. The summed E-state index contributed by atoms with van der Waals surface area (Å²) < 4.78 is 5.35. The number of nitrogens with one attached hydrogen (secondary N) is 1. The van der Waals surface area contributed by atoms with Gasteiger partial charge in [-0.3, -0.25) is 9.88 Å². The first-order valence-corrected chi connectivity index (χ1v) is 9.73. The van der Waals surface area contributed by atoms with Crippen LogP contribution in [0.2, 0.25) is 0 Å². The molecule has 0 amide bonds. The Hall–Kier alpha value is -2.43. The molecular formula is C23H27N3O. The molecule has 1 aromatic heterocycles. The molecule has 140 valence electrons. The van der Waals surface area contributed by atoms with Gasteiger partial charge in [-0.2, -0.15) is 0 Å². The molecule has 0 aliphatic carbocycles. The molecule has 1 N–H and O–H groups in total. The minimum Gasteiger partial charge on any atom is -0.497 e. The maximum atomic E-state index is 5.35. The molecule has 27 heavy (non-hydrogen) atoms. The molecule has 4 heteroatoms. The van der Waals surface area contributed by atoms with E-state index in [9.17, 15) is 0 Å². The molecule has 0 saturated carbocycles. The smallest absolute Gasteiger partial charge is 0.119 e. The minimum absolute atomic E-state index is 0.524. The van der Waals surface area contributed by atoms with Crippen molar-refractivity contribution in [2.24, 2.45) is 0 Å². The summed E-state index contributed by atoms with van der Waals surface area (Å²) in [6, 6.07) is 19.5. The zero-order chi connectivity index (χ0) is 18.5. The fourth-order valence-corrected chi connectivity index (χ4v) is 3.97. The average Bonchev–Trinajstić information content (AvgIpc) is 2.72. The molecule has 0 bridgehead atoms. The Bertz CT molecular complexity index is 890. The highest BCUT2D eigenvalue weighted by Gasteiger charge is 2.19. The molecule has 4 rings (SSSR count). The fraction of sp³-hybridized carbons (Fsp3) is 0.348. The first-order valence-electron chi connectivity index (χ1n) is 9.73. The average molecular weight is 361 g/mol. The van der Waals surface area contributed by atoms with E-state index in [2.05, 4.69) is 57.7 Å². The summed E-state index contributed by atoms with van der Waals surface area (Å²) in [6.07, 6.45) is 4.33. The van der Waals surface area contributed by atoms with Gasteiger partial charge in [0.2, 0.25) is 0 Å². The van der Waals surface area contributed by atoms with Crippen LogP contribution in [0.5, 0.6) is 5.75 Å². The van der Waals surface area contributed by atoms with E-state index < -0.39 is 0 Å². The molecule has 4 nitrogen and oxygen atoms in total. The molecular weight excluding hydrogens is 334 g/mol. The van der Waals surface area contributed by atoms with Gasteiger partial charge in [-0.25, -0.2) is 0 Å². The third kappa shape index (κ3) is 4.46. The minimum atomic E-state index is 0.524. The summed E-state index contributed by atoms with van der Waals surface area (Å²) in [6.45, 7) is 4.11. The number of ether oxygens (including phenoxy) is 1. The molecule has 1 fully saturated rings. The van der Waals surface area contributed by atoms with Crippen LogP contribution in [0.1, 0.15) is 24.0 Å². The second kappa shape index (κ2) is 8.51. The van der Waals surface area contributed by atoms with Gasteiger partial charge >= 0.3 is 0 Å². The lowest BCUT2D eigenvalue weighted by molar-refractivity contribution is 0.182. The van der Waals surface area contributed by atoms with Crippen molar-refractivity contribution in [2.75, 3.05) is 20.2 Å². The van der Waals surface area contributed by atoms with Crippen molar-refractivity contribution in [3.63, 3.8) is 0 Å². The Morgan fingerprint density at radius 3 is 3.00 bits per heavy atom. The highest BCUT2D eigenvalue weighted by molar-refractivity contribution is 5.81. The Balaban J connectivity index is 1.37. The van der Waals surface area contributed by atoms with Crippen LogP contribution < -0.4 is 10.1 Å². The van der Waals surface area contributed by atoms with E-state index in [1.54, 1.807) is 7.11 Å². The standard InChI is InChI=1S/C23H27N3O/c1-27-21-9-2-6-18(14-21)16-26-13-5-8-20(17-26)25-15-19-7-3-11-23-22(19)10-4-12-24-23/h2-4,6-7,9-12,14,20,25H,5,8,13,15-17H2,1H3. The van der Waals surface area contributed by atoms with Crippen molar-refractivity contribution in [2.45, 2.75) is 32.0 Å². The third-order valence-electron chi connectivity index (χ3n) is 5.36. The van der Waals surface area contributed by atoms with Crippen LogP contribution >= 0.6 is 0 Å². The largest absolute Gasteiger partial charge is 0.497 e. The Morgan fingerprint density at radius 1 is 1.15 bits per heavy atom. The lowest BCUT2D eigenvalue weighted by atomic mass is 10.0. The van der Waals surface area contributed by atoms with Gasteiger partial charge in [0.1, 0.15) is 5.75 Å². The van der Waals surface area contributed by atoms with E-state index in [-0.39, 0.29) is 0 Å². The quantitative estimate of drug-likeness (QED) is 0.720. The lowest BCUT2D eigenvalue weighted by Crippen LogP contribution is -2.45. The third-order valence-corrected chi connectivity index (χ3v) is 5.36. The molecule has 2 heterocycles. The van der Waals surface area contributed by atoms with Crippen molar-refractivity contribution < 1.29 is 4.74 Å². The number of benzene rings is 2. The maximum Gasteiger partial charge on any atom is 0.119 e. The zero-order valence-electron chi connectivity index (χ0n) is 15.9. The van der Waals surface area contributed by atoms with E-state index in [1.165, 1.54) is 29.4 Å². The molecule has 1 aliphatic rings. The van der Waals surface area contributed by atoms with E-state index in [0.29, 0.717) is 6.04 Å². The van der Waals surface area contributed by atoms with Gasteiger partial charge in [0, 0.05) is 37.3 Å². The van der Waals surface area contributed by atoms with Crippen LogP contribution in [-0.4, -0.2) is 36.1 Å². The van der Waals surface area contributed by atoms with Crippen LogP contribution in [0.3, 0.4) is 0 Å². The molecule has 2 aromatic carbocycles. The summed E-state index contributed by atoms with van der Waals surface area (Å²) in [5.41, 5.74) is 3.71. The number of hydrogen-bond donors (Lipinski definition) is 1. The second-order valence-electron chi connectivity index (χ2n) is 7.29. The van der Waals surface area contributed by atoms with Crippen molar-refractivity contribution in [3.8, 4) is 5.75 Å². The van der Waals surface area contributed by atoms with Crippen LogP contribution in [0.25, 0.3) is 10.9 Å². The second-order valence-corrected chi connectivity index (χ2v) is 7.29. The Labute approximate surface area is 161 Å². The molecule has 3 aromatic rings. The molecule has 0 radical (unpaired) electrons. The molecule has 1 unspecified atom stereocenters. The van der Waals surface area contributed by atoms with Gasteiger partial charge in [0.15, 0.2) is 0 Å². The van der Waals surface area contributed by atoms with Crippen molar-refractivity contribution in [3.05, 3.63) is 71.9 Å². The van der Waals surface area contributed by atoms with E-state index >= 15 is 0 Å². The van der Waals surface area contributed by atoms with Gasteiger partial charge in [-0.1, -0.05) is 30.3 Å². The first kappa shape index (κ1) is 18.0. The predicted octanol–water partition coefficient (Wildman–Crippen LogP) is 4.00. The lowest BCUT2D eigenvalue weighted by Gasteiger charge is -2.33. The van der Waals surface area contributed by atoms with Gasteiger partial charge in [0.05, 0.1) is 12.6 Å². The highest BCUT2D eigenvalue weighted by atomic mass is 16.5. The summed E-state index contributed by atoms with van der Waals surface area (Å²) in [4.78, 5) is 7.01. The zero-order valence-corrected chi connectivity index (χ0v) is 15.9. The maximum absolute atomic E-state index is 5.35. The molecule has 1 saturated heterocycles. The van der Waals surface area contributed by atoms with E-state index in [4.69, 9.17) is 4.74 Å². The first-order chi connectivity index (χ1) is 13.3. The summed E-state index contributed by atoms with van der Waals surface area (Å²) >= 11 is 0. The number of hydrogen-bond acceptors (Lipinski definition) is 4. The van der Waals surface area contributed by atoms with Gasteiger partial charge in [-0.15, -0.1) is 0 Å². The number of piperidine rings is 1. The van der Waals surface area contributed by atoms with Crippen LogP contribution in [0, 0.1) is 0 Å². The summed E-state index contributed by atoms with van der Waals surface area (Å²) in [7, 11) is 1.72. The number of likely N-dealkylation sites (tertiary alicyclic amines) is 1. The number of aromatic nitrogens is 1. The number of pyridine rings is 1. The Morgan fingerprint density at radius 2 is 2.07 bits per heavy atom. The SMILES string of the molecule is COc1cccc(CN2CCCC(NCc3cccc4ncccc34)C2)c1. The summed E-state index contributed by atoms with van der Waals surface area (Å²) in [5, 5.41) is 5.02. The van der Waals surface area contributed by atoms with Crippen LogP contribution in [-0.2, 0) is 13.1 Å². The topological polar surface area (TPSA) is 37.4 Å². The molecule has 1 aliphatic heterocycles. The predicted molar refractivity (Wildman–Crippen MR) is 110 cm³/mol. The van der Waals surface area contributed by atoms with Crippen LogP contribution in [0.4, 0.5) is 0 Å². The van der Waals surface area contributed by atoms with Crippen LogP contribution in [0.15, 0.2) is 60.8 Å². The number of nitrogens with zero attached hydrogens (tertiary/aromatic N) is 2. The van der Waals surface area contributed by atoms with Gasteiger partial charge in [0.25, 0.3) is 0 Å². The fourth-order valence-electron chi connectivity index (χ4n) is 3.97. The van der Waals surface area contributed by atoms with E-state index in [0.717, 1.165) is 37.4 Å². The Kier molecular flexibility index (Phi) is 5.66. The highest BCUT2D eigenvalue weighted by Crippen LogP contribution is 2.19. The van der Waals surface area contributed by atoms with Gasteiger partial charge < -0.3 is 10.1 Å². The van der Waals surface area contributed by atoms with E-state index in [1.807, 2.05) is 18.3 Å². The summed E-state index contributed by atoms with van der Waals surface area (Å²) in [5.74, 6) is 0.934. The van der Waals surface area contributed by atoms with Crippen molar-refractivity contribution in [1.29, 1.82) is 0 Å². The van der Waals surface area contributed by atoms with Crippen molar-refractivity contribution >= 4 is 10.9 Å². The molecule has 0 spiro atoms. The number of rotatable bonds is 6. The monoisotopic (exact) mass is 361 g/mol. The van der Waals surface area contributed by atoms with Gasteiger partial charge in [-0.05, 0) is 54.8 Å². The molecule has 1 atom stereocenters. The normalized spacial score (nSPS) is 17.9. The van der Waals surface area contributed by atoms with Crippen molar-refractivity contribution in [1.82, 2.24) is 15.2 Å².